The molecule has 0 spiro atoms. The van der Waals surface area contributed by atoms with Crippen molar-refractivity contribution in [1.29, 1.82) is 0 Å². The quantitative estimate of drug-likeness (QED) is 0.892. The molecule has 2 rings (SSSR count). The number of hydrogen-bond donors (Lipinski definition) is 1. The molecule has 1 aliphatic rings. The third kappa shape index (κ3) is 2.97. The Hall–Kier alpha value is -1.10. The number of nitrogens with zero attached hydrogens (tertiary/aromatic N) is 1. The Kier molecular flexibility index (Phi) is 3.66. The fraction of sp³-hybridized carbons (Fsp3) is 0.583. The van der Waals surface area contributed by atoms with Crippen molar-refractivity contribution in [2.45, 2.75) is 37.1 Å². The van der Waals surface area contributed by atoms with E-state index in [4.69, 9.17) is 5.73 Å². The summed E-state index contributed by atoms with van der Waals surface area (Å²) in [6.07, 6.45) is 6.99. The number of anilines is 1. The van der Waals surface area contributed by atoms with Crippen LogP contribution in [0.1, 0.15) is 32.1 Å². The van der Waals surface area contributed by atoms with Crippen LogP contribution in [0.15, 0.2) is 23.4 Å². The van der Waals surface area contributed by atoms with Crippen LogP contribution >= 0.6 is 0 Å². The van der Waals surface area contributed by atoms with Crippen LogP contribution in [0.25, 0.3) is 0 Å². The maximum Gasteiger partial charge on any atom is 0.197 e. The summed E-state index contributed by atoms with van der Waals surface area (Å²) in [7, 11) is -3.31. The second kappa shape index (κ2) is 5.04. The summed E-state index contributed by atoms with van der Waals surface area (Å²) in [4.78, 5) is 3.88. The van der Waals surface area contributed by atoms with Gasteiger partial charge in [-0.1, -0.05) is 25.7 Å². The molecule has 1 aliphatic carbocycles. The predicted molar refractivity (Wildman–Crippen MR) is 67.3 cm³/mol. The molecule has 1 aromatic heterocycles. The van der Waals surface area contributed by atoms with Gasteiger partial charge in [0.05, 0.1) is 11.4 Å². The summed E-state index contributed by atoms with van der Waals surface area (Å²) < 4.78 is 24.1. The van der Waals surface area contributed by atoms with Crippen molar-refractivity contribution in [2.24, 2.45) is 5.92 Å². The maximum atomic E-state index is 12.1. The van der Waals surface area contributed by atoms with Gasteiger partial charge in [0.15, 0.2) is 14.9 Å². The van der Waals surface area contributed by atoms with E-state index in [1.165, 1.54) is 19.0 Å². The van der Waals surface area contributed by atoms with Crippen molar-refractivity contribution < 1.29 is 8.42 Å². The standard InChI is InChI=1S/C12H18N2O2S/c13-11-6-3-8-14-12(11)17(15,16)9-7-10-4-1-2-5-10/h3,6,8,10H,1-2,4-5,7,9,13H2. The molecule has 0 unspecified atom stereocenters. The number of sulfone groups is 1. The number of aromatic nitrogens is 1. The van der Waals surface area contributed by atoms with Crippen LogP contribution in [0.2, 0.25) is 0 Å². The summed E-state index contributed by atoms with van der Waals surface area (Å²) in [5, 5.41) is 0.0398. The predicted octanol–water partition coefficient (Wildman–Crippen LogP) is 2.02. The van der Waals surface area contributed by atoms with Gasteiger partial charge in [-0.2, -0.15) is 0 Å². The first-order valence-corrected chi connectivity index (χ1v) is 7.68. The first-order valence-electron chi connectivity index (χ1n) is 6.03. The van der Waals surface area contributed by atoms with Gasteiger partial charge in [0.1, 0.15) is 0 Å². The smallest absolute Gasteiger partial charge is 0.197 e. The molecule has 0 atom stereocenters. The van der Waals surface area contributed by atoms with Gasteiger partial charge in [0.25, 0.3) is 0 Å². The molecule has 1 saturated carbocycles. The first kappa shape index (κ1) is 12.4. The van der Waals surface area contributed by atoms with Crippen molar-refractivity contribution in [1.82, 2.24) is 4.98 Å². The van der Waals surface area contributed by atoms with Gasteiger partial charge in [0.2, 0.25) is 0 Å². The summed E-state index contributed by atoms with van der Waals surface area (Å²) >= 11 is 0. The van der Waals surface area contributed by atoms with Gasteiger partial charge < -0.3 is 5.73 Å². The zero-order valence-corrected chi connectivity index (χ0v) is 10.6. The minimum Gasteiger partial charge on any atom is -0.396 e. The number of nitrogen functional groups attached to an aromatic ring is 1. The van der Waals surface area contributed by atoms with Crippen molar-refractivity contribution >= 4 is 15.5 Å². The molecule has 0 radical (unpaired) electrons. The van der Waals surface area contributed by atoms with E-state index in [2.05, 4.69) is 4.98 Å². The zero-order valence-electron chi connectivity index (χ0n) is 9.80. The van der Waals surface area contributed by atoms with Crippen LogP contribution in [0.4, 0.5) is 5.69 Å². The Labute approximate surface area is 102 Å². The lowest BCUT2D eigenvalue weighted by molar-refractivity contribution is 0.520. The fourth-order valence-electron chi connectivity index (χ4n) is 2.38. The molecule has 2 N–H and O–H groups in total. The average molecular weight is 254 g/mol. The SMILES string of the molecule is Nc1cccnc1S(=O)(=O)CCC1CCCC1. The van der Waals surface area contributed by atoms with Gasteiger partial charge in [-0.15, -0.1) is 0 Å². The Balaban J connectivity index is 2.06. The highest BCUT2D eigenvalue weighted by Crippen LogP contribution is 2.29. The van der Waals surface area contributed by atoms with Gasteiger partial charge in [-0.3, -0.25) is 0 Å². The van der Waals surface area contributed by atoms with Crippen LogP contribution in [0, 0.1) is 5.92 Å². The highest BCUT2D eigenvalue weighted by molar-refractivity contribution is 7.91. The lowest BCUT2D eigenvalue weighted by Gasteiger charge is -2.09. The second-order valence-corrected chi connectivity index (χ2v) is 6.68. The highest BCUT2D eigenvalue weighted by atomic mass is 32.2. The molecule has 1 aromatic rings. The normalized spacial score (nSPS) is 17.4. The van der Waals surface area contributed by atoms with Crippen LogP contribution < -0.4 is 5.73 Å². The summed E-state index contributed by atoms with van der Waals surface area (Å²) in [6, 6.07) is 3.22. The second-order valence-electron chi connectivity index (χ2n) is 4.66. The van der Waals surface area contributed by atoms with Gasteiger partial charge in [-0.25, -0.2) is 13.4 Å². The number of rotatable bonds is 4. The Morgan fingerprint density at radius 2 is 2.06 bits per heavy atom. The monoisotopic (exact) mass is 254 g/mol. The average Bonchev–Trinajstić information content (AvgIpc) is 2.80. The van der Waals surface area contributed by atoms with Crippen molar-refractivity contribution in [3.05, 3.63) is 18.3 Å². The van der Waals surface area contributed by atoms with E-state index in [-0.39, 0.29) is 16.5 Å². The third-order valence-electron chi connectivity index (χ3n) is 3.36. The molecule has 0 bridgehead atoms. The number of pyridine rings is 1. The highest BCUT2D eigenvalue weighted by Gasteiger charge is 2.22. The molecular formula is C12H18N2O2S. The molecule has 0 aromatic carbocycles. The van der Waals surface area contributed by atoms with Gasteiger partial charge >= 0.3 is 0 Å². The minimum atomic E-state index is -3.31. The lowest BCUT2D eigenvalue weighted by Crippen LogP contribution is -2.13. The molecule has 0 saturated heterocycles. The van der Waals surface area contributed by atoms with Crippen LogP contribution in [0.3, 0.4) is 0 Å². The molecular weight excluding hydrogens is 236 g/mol. The summed E-state index contributed by atoms with van der Waals surface area (Å²) in [5.74, 6) is 0.730. The summed E-state index contributed by atoms with van der Waals surface area (Å²) in [6.45, 7) is 0. The Morgan fingerprint density at radius 3 is 2.71 bits per heavy atom. The Morgan fingerprint density at radius 1 is 1.35 bits per heavy atom. The van der Waals surface area contributed by atoms with E-state index in [1.807, 2.05) is 0 Å². The van der Waals surface area contributed by atoms with E-state index >= 15 is 0 Å². The van der Waals surface area contributed by atoms with E-state index in [0.717, 1.165) is 19.3 Å². The van der Waals surface area contributed by atoms with Crippen LogP contribution in [-0.2, 0) is 9.84 Å². The fourth-order valence-corrected chi connectivity index (χ4v) is 3.87. The minimum absolute atomic E-state index is 0.0398. The van der Waals surface area contributed by atoms with E-state index < -0.39 is 9.84 Å². The molecule has 1 heterocycles. The molecule has 1 fully saturated rings. The zero-order chi connectivity index (χ0) is 12.3. The van der Waals surface area contributed by atoms with E-state index in [0.29, 0.717) is 5.92 Å². The molecule has 17 heavy (non-hydrogen) atoms. The van der Waals surface area contributed by atoms with Gasteiger partial charge in [0, 0.05) is 6.20 Å². The van der Waals surface area contributed by atoms with Crippen molar-refractivity contribution in [2.75, 3.05) is 11.5 Å². The first-order chi connectivity index (χ1) is 8.09. The maximum absolute atomic E-state index is 12.1. The number of nitrogens with two attached hydrogens (primary N) is 1. The van der Waals surface area contributed by atoms with Gasteiger partial charge in [-0.05, 0) is 24.5 Å². The molecule has 0 amide bonds. The molecule has 5 heteroatoms. The van der Waals surface area contributed by atoms with Crippen LogP contribution in [-0.4, -0.2) is 19.2 Å². The van der Waals surface area contributed by atoms with Crippen LogP contribution in [0.5, 0.6) is 0 Å². The van der Waals surface area contributed by atoms with Crippen molar-refractivity contribution in [3.63, 3.8) is 0 Å². The lowest BCUT2D eigenvalue weighted by atomic mass is 10.1. The summed E-state index contributed by atoms with van der Waals surface area (Å²) in [5.41, 5.74) is 5.90. The molecule has 4 nitrogen and oxygen atoms in total. The topological polar surface area (TPSA) is 73.0 Å². The third-order valence-corrected chi connectivity index (χ3v) is 5.07. The van der Waals surface area contributed by atoms with E-state index in [1.54, 1.807) is 12.1 Å². The molecule has 0 aliphatic heterocycles. The largest absolute Gasteiger partial charge is 0.396 e. The molecule has 94 valence electrons. The van der Waals surface area contributed by atoms with Crippen molar-refractivity contribution in [3.8, 4) is 0 Å². The van der Waals surface area contributed by atoms with E-state index in [9.17, 15) is 8.42 Å². The number of hydrogen-bond acceptors (Lipinski definition) is 4. The Bertz CT molecular complexity index is 479.